The Kier molecular flexibility index (Phi) is 9.70. The van der Waals surface area contributed by atoms with Gasteiger partial charge in [-0.05, 0) is 54.8 Å². The normalized spacial score (nSPS) is 11.1. The van der Waals surface area contributed by atoms with Gasteiger partial charge in [-0.25, -0.2) is 0 Å². The molecule has 1 N–H and O–H groups in total. The minimum Gasteiger partial charge on any atom is -0.473 e. The van der Waals surface area contributed by atoms with E-state index in [4.69, 9.17) is 21.1 Å². The van der Waals surface area contributed by atoms with Crippen molar-refractivity contribution >= 4 is 62.7 Å². The molecule has 0 atom stereocenters. The third-order valence-corrected chi connectivity index (χ3v) is 7.56. The number of nitrogens with zero attached hydrogens (tertiary/aromatic N) is 5. The molecule has 8 nitrogen and oxygen atoms in total. The second-order valence-electron chi connectivity index (χ2n) is 7.18. The summed E-state index contributed by atoms with van der Waals surface area (Å²) in [6.45, 7) is 2.40. The summed E-state index contributed by atoms with van der Waals surface area (Å²) in [5, 5.41) is 23.8. The first-order valence-electron chi connectivity index (χ1n) is 10.7. The predicted octanol–water partition coefficient (Wildman–Crippen LogP) is 6.06. The van der Waals surface area contributed by atoms with E-state index >= 15 is 0 Å². The number of aromatic nitrogens is 4. The third kappa shape index (κ3) is 8.77. The number of halogens is 1. The fourth-order valence-corrected chi connectivity index (χ4v) is 5.37. The van der Waals surface area contributed by atoms with Crippen molar-refractivity contribution in [2.75, 3.05) is 23.6 Å². The average molecular weight is 547 g/mol. The Morgan fingerprint density at radius 2 is 1.60 bits per heavy atom. The fourth-order valence-electron chi connectivity index (χ4n) is 2.71. The van der Waals surface area contributed by atoms with Crippen molar-refractivity contribution < 1.29 is 9.47 Å². The maximum absolute atomic E-state index is 5.86. The molecular weight excluding hydrogens is 524 g/mol. The molecule has 0 aliphatic heterocycles. The van der Waals surface area contributed by atoms with Gasteiger partial charge in [0.1, 0.15) is 21.5 Å². The summed E-state index contributed by atoms with van der Waals surface area (Å²) >= 11 is 10.7. The Morgan fingerprint density at radius 1 is 0.914 bits per heavy atom. The Bertz CT molecular complexity index is 1210. The Labute approximate surface area is 220 Å². The number of benzene rings is 2. The van der Waals surface area contributed by atoms with Crippen molar-refractivity contribution in [3.63, 3.8) is 0 Å². The standard InChI is InChI=1S/C23H23ClN6O2S3/c1-16-2-6-18(7-3-16)31-14-25-22-29-27-20(34-22)10-12-33-13-11-21-28-30-23(35-21)26-15-32-19-8-4-17(24)5-9-19/h2-9,15H,10-14H2,1H3,(H,25,29)/b26-15-. The molecule has 2 aromatic carbocycles. The molecule has 12 heteroatoms. The van der Waals surface area contributed by atoms with Crippen LogP contribution in [0.5, 0.6) is 11.5 Å². The van der Waals surface area contributed by atoms with Gasteiger partial charge >= 0.3 is 0 Å². The molecule has 0 aliphatic rings. The second-order valence-corrected chi connectivity index (χ2v) is 10.9. The van der Waals surface area contributed by atoms with Gasteiger partial charge in [0.15, 0.2) is 13.1 Å². The quantitative estimate of drug-likeness (QED) is 0.0936. The van der Waals surface area contributed by atoms with Crippen LogP contribution < -0.4 is 14.8 Å². The topological polar surface area (TPSA) is 94.4 Å². The van der Waals surface area contributed by atoms with E-state index in [-0.39, 0.29) is 0 Å². The highest BCUT2D eigenvalue weighted by Gasteiger charge is 2.06. The first kappa shape index (κ1) is 25.4. The zero-order valence-corrected chi connectivity index (χ0v) is 22.1. The largest absolute Gasteiger partial charge is 0.473 e. The Hall–Kier alpha value is -2.73. The highest BCUT2D eigenvalue weighted by atomic mass is 35.5. The smallest absolute Gasteiger partial charge is 0.234 e. The lowest BCUT2D eigenvalue weighted by Crippen LogP contribution is -2.08. The van der Waals surface area contributed by atoms with Crippen LogP contribution in [0.3, 0.4) is 0 Å². The maximum atomic E-state index is 5.86. The van der Waals surface area contributed by atoms with E-state index in [9.17, 15) is 0 Å². The number of rotatable bonds is 13. The first-order chi connectivity index (χ1) is 17.1. The summed E-state index contributed by atoms with van der Waals surface area (Å²) in [7, 11) is 0. The fraction of sp³-hybridized carbons (Fsp3) is 0.261. The van der Waals surface area contributed by atoms with E-state index in [2.05, 4.69) is 30.7 Å². The van der Waals surface area contributed by atoms with Gasteiger partial charge in [-0.1, -0.05) is 52.0 Å². The van der Waals surface area contributed by atoms with Crippen LogP contribution in [0.1, 0.15) is 15.6 Å². The predicted molar refractivity (Wildman–Crippen MR) is 145 cm³/mol. The zero-order valence-electron chi connectivity index (χ0n) is 18.9. The lowest BCUT2D eigenvalue weighted by molar-refractivity contribution is 0.346. The van der Waals surface area contributed by atoms with Crippen LogP contribution in [-0.2, 0) is 12.8 Å². The number of nitrogens with one attached hydrogen (secondary N) is 1. The summed E-state index contributed by atoms with van der Waals surface area (Å²) in [6, 6.07) is 15.0. The van der Waals surface area contributed by atoms with Gasteiger partial charge in [0, 0.05) is 17.9 Å². The summed E-state index contributed by atoms with van der Waals surface area (Å²) in [6.07, 6.45) is 3.08. The second kappa shape index (κ2) is 13.4. The lowest BCUT2D eigenvalue weighted by Gasteiger charge is -2.06. The Balaban J connectivity index is 1.09. The Morgan fingerprint density at radius 3 is 2.37 bits per heavy atom. The minimum absolute atomic E-state index is 0.355. The highest BCUT2D eigenvalue weighted by Crippen LogP contribution is 2.22. The molecular formula is C23H23ClN6O2S3. The van der Waals surface area contributed by atoms with Crippen LogP contribution in [-0.4, -0.2) is 45.0 Å². The summed E-state index contributed by atoms with van der Waals surface area (Å²) in [4.78, 5) is 4.20. The zero-order chi connectivity index (χ0) is 24.3. The van der Waals surface area contributed by atoms with Crippen LogP contribution in [0, 0.1) is 6.92 Å². The molecule has 35 heavy (non-hydrogen) atoms. The van der Waals surface area contributed by atoms with Crippen LogP contribution >= 0.6 is 46.0 Å². The molecule has 0 aliphatic carbocycles. The number of hydrogen-bond acceptors (Lipinski definition) is 11. The molecule has 2 heterocycles. The SMILES string of the molecule is Cc1ccc(OCNc2nnc(CCSCCc3nnc(/N=C\Oc4ccc(Cl)cc4)s3)s2)cc1. The van der Waals surface area contributed by atoms with Gasteiger partial charge < -0.3 is 14.8 Å². The summed E-state index contributed by atoms with van der Waals surface area (Å²) in [5.74, 6) is 3.40. The van der Waals surface area contributed by atoms with E-state index in [0.29, 0.717) is 22.6 Å². The van der Waals surface area contributed by atoms with Gasteiger partial charge in [0.2, 0.25) is 10.3 Å². The summed E-state index contributed by atoms with van der Waals surface area (Å²) < 4.78 is 11.1. The molecule has 2 aromatic heterocycles. The molecule has 0 saturated carbocycles. The molecule has 0 bridgehead atoms. The lowest BCUT2D eigenvalue weighted by atomic mass is 10.2. The number of aryl methyl sites for hydroxylation is 3. The van der Waals surface area contributed by atoms with E-state index in [1.54, 1.807) is 35.6 Å². The van der Waals surface area contributed by atoms with Crippen molar-refractivity contribution in [1.82, 2.24) is 20.4 Å². The average Bonchev–Trinajstić information content (AvgIpc) is 3.51. The number of aliphatic imine (C=N–C) groups is 1. The molecule has 0 fully saturated rings. The minimum atomic E-state index is 0.355. The number of hydrogen-bond donors (Lipinski definition) is 1. The number of anilines is 1. The molecule has 0 saturated heterocycles. The molecule has 4 rings (SSSR count). The van der Waals surface area contributed by atoms with Crippen molar-refractivity contribution in [3.8, 4) is 11.5 Å². The van der Waals surface area contributed by atoms with Gasteiger partial charge in [-0.2, -0.15) is 16.8 Å². The number of thioether (sulfide) groups is 1. The van der Waals surface area contributed by atoms with Crippen LogP contribution in [0.25, 0.3) is 0 Å². The third-order valence-electron chi connectivity index (χ3n) is 4.49. The van der Waals surface area contributed by atoms with E-state index in [0.717, 1.165) is 45.2 Å². The van der Waals surface area contributed by atoms with Crippen LogP contribution in [0.4, 0.5) is 10.3 Å². The molecule has 182 valence electrons. The van der Waals surface area contributed by atoms with Crippen molar-refractivity contribution in [2.24, 2.45) is 4.99 Å². The van der Waals surface area contributed by atoms with E-state index in [1.165, 1.54) is 23.3 Å². The monoisotopic (exact) mass is 546 g/mol. The van der Waals surface area contributed by atoms with Crippen LogP contribution in [0.15, 0.2) is 53.5 Å². The van der Waals surface area contributed by atoms with Crippen molar-refractivity contribution in [1.29, 1.82) is 0 Å². The van der Waals surface area contributed by atoms with E-state index in [1.807, 2.05) is 43.0 Å². The van der Waals surface area contributed by atoms with Crippen molar-refractivity contribution in [3.05, 3.63) is 69.1 Å². The van der Waals surface area contributed by atoms with Gasteiger partial charge in [-0.3, -0.25) is 0 Å². The number of ether oxygens (including phenoxy) is 2. The highest BCUT2D eigenvalue weighted by molar-refractivity contribution is 7.99. The molecule has 0 unspecified atom stereocenters. The molecule has 4 aromatic rings. The van der Waals surface area contributed by atoms with Crippen LogP contribution in [0.2, 0.25) is 5.02 Å². The van der Waals surface area contributed by atoms with Gasteiger partial charge in [-0.15, -0.1) is 20.4 Å². The van der Waals surface area contributed by atoms with E-state index < -0.39 is 0 Å². The van der Waals surface area contributed by atoms with Gasteiger partial charge in [0.05, 0.1) is 0 Å². The molecule has 0 amide bonds. The molecule has 0 spiro atoms. The maximum Gasteiger partial charge on any atom is 0.234 e. The van der Waals surface area contributed by atoms with Gasteiger partial charge in [0.25, 0.3) is 0 Å². The summed E-state index contributed by atoms with van der Waals surface area (Å²) in [5.41, 5.74) is 1.20. The van der Waals surface area contributed by atoms with Crippen molar-refractivity contribution in [2.45, 2.75) is 19.8 Å². The molecule has 0 radical (unpaired) electrons. The first-order valence-corrected chi connectivity index (χ1v) is 13.9.